The molecule has 6 nitrogen and oxygen atoms in total. The average molecular weight is 320 g/mol. The van der Waals surface area contributed by atoms with E-state index >= 15 is 0 Å². The van der Waals surface area contributed by atoms with Gasteiger partial charge in [-0.3, -0.25) is 9.39 Å². The zero-order chi connectivity index (χ0) is 14.7. The van der Waals surface area contributed by atoms with Crippen LogP contribution in [0.2, 0.25) is 0 Å². The van der Waals surface area contributed by atoms with E-state index in [0.29, 0.717) is 13.1 Å². The van der Waals surface area contributed by atoms with Gasteiger partial charge in [-0.05, 0) is 6.92 Å². The highest BCUT2D eigenvalue weighted by Gasteiger charge is 2.05. The van der Waals surface area contributed by atoms with E-state index in [2.05, 4.69) is 25.6 Å². The molecule has 0 aliphatic heterocycles. The first-order valence-electron chi connectivity index (χ1n) is 6.51. The van der Waals surface area contributed by atoms with Gasteiger partial charge in [0.05, 0.1) is 18.8 Å². The van der Waals surface area contributed by atoms with Crippen LogP contribution < -0.4 is 10.6 Å². The van der Waals surface area contributed by atoms with Crippen LogP contribution in [0.5, 0.6) is 0 Å². The van der Waals surface area contributed by atoms with Crippen molar-refractivity contribution in [2.45, 2.75) is 20.0 Å². The van der Waals surface area contributed by atoms with Crippen LogP contribution in [0.1, 0.15) is 16.4 Å². The summed E-state index contributed by atoms with van der Waals surface area (Å²) in [5, 5.41) is 11.6. The van der Waals surface area contributed by atoms with Crippen molar-refractivity contribution in [1.82, 2.24) is 25.0 Å². The minimum atomic E-state index is 0.644. The molecule has 3 heterocycles. The Bertz CT molecular complexity index is 725. The highest BCUT2D eigenvalue weighted by Crippen LogP contribution is 2.11. The van der Waals surface area contributed by atoms with Crippen molar-refractivity contribution in [3.8, 4) is 0 Å². The minimum Gasteiger partial charge on any atom is -0.351 e. The maximum atomic E-state index is 4.53. The van der Waals surface area contributed by atoms with E-state index in [1.807, 2.05) is 34.5 Å². The van der Waals surface area contributed by atoms with Gasteiger partial charge in [0.25, 0.3) is 0 Å². The summed E-state index contributed by atoms with van der Waals surface area (Å²) in [7, 11) is 1.76. The third-order valence-electron chi connectivity index (χ3n) is 2.88. The standard InChI is InChI=1S/C13H16N6S2/c1-9-8-21-11(17-9)6-16-12(14-2)15-5-10-7-19-3-4-20-13(19)18-10/h3-4,7-8H,5-6H2,1-2H3,(H2,14,15,16). The summed E-state index contributed by atoms with van der Waals surface area (Å²) in [4.78, 5) is 14.2. The molecule has 0 saturated heterocycles. The van der Waals surface area contributed by atoms with E-state index in [0.717, 1.165) is 27.3 Å². The largest absolute Gasteiger partial charge is 0.351 e. The molecule has 0 radical (unpaired) electrons. The highest BCUT2D eigenvalue weighted by atomic mass is 32.1. The molecule has 3 aromatic heterocycles. The number of fused-ring (bicyclic) bond motifs is 1. The topological polar surface area (TPSA) is 66.6 Å². The Morgan fingerprint density at radius 2 is 2.14 bits per heavy atom. The lowest BCUT2D eigenvalue weighted by Crippen LogP contribution is -2.36. The SMILES string of the molecule is CN=C(NCc1cn2ccsc2n1)NCc1nc(C)cs1. The number of rotatable bonds is 4. The maximum Gasteiger partial charge on any atom is 0.193 e. The molecular formula is C13H16N6S2. The molecular weight excluding hydrogens is 304 g/mol. The second-order valence-electron chi connectivity index (χ2n) is 4.49. The van der Waals surface area contributed by atoms with E-state index in [4.69, 9.17) is 0 Å². The average Bonchev–Trinajstić information content (AvgIpc) is 3.15. The molecule has 8 heteroatoms. The fraction of sp³-hybridized carbons (Fsp3) is 0.308. The fourth-order valence-electron chi connectivity index (χ4n) is 1.90. The molecule has 0 saturated carbocycles. The molecule has 3 aromatic rings. The van der Waals surface area contributed by atoms with Gasteiger partial charge >= 0.3 is 0 Å². The number of aliphatic imine (C=N–C) groups is 1. The number of aromatic nitrogens is 3. The predicted molar refractivity (Wildman–Crippen MR) is 87.0 cm³/mol. The molecule has 0 aliphatic rings. The first kappa shape index (κ1) is 14.0. The summed E-state index contributed by atoms with van der Waals surface area (Å²) in [6, 6.07) is 0. The second-order valence-corrected chi connectivity index (χ2v) is 6.30. The number of nitrogens with one attached hydrogen (secondary N) is 2. The Morgan fingerprint density at radius 1 is 1.29 bits per heavy atom. The summed E-state index contributed by atoms with van der Waals surface area (Å²) in [6.07, 6.45) is 4.03. The lowest BCUT2D eigenvalue weighted by Gasteiger charge is -2.09. The van der Waals surface area contributed by atoms with E-state index in [1.165, 1.54) is 0 Å². The predicted octanol–water partition coefficient (Wildman–Crippen LogP) is 2.03. The van der Waals surface area contributed by atoms with Gasteiger partial charge in [-0.2, -0.15) is 0 Å². The quantitative estimate of drug-likeness (QED) is 0.570. The Morgan fingerprint density at radius 3 is 2.86 bits per heavy atom. The third kappa shape index (κ3) is 3.40. The summed E-state index contributed by atoms with van der Waals surface area (Å²) in [6.45, 7) is 3.32. The monoisotopic (exact) mass is 320 g/mol. The van der Waals surface area contributed by atoms with Crippen molar-refractivity contribution >= 4 is 33.6 Å². The molecule has 110 valence electrons. The summed E-state index contributed by atoms with van der Waals surface area (Å²) in [5.74, 6) is 0.749. The van der Waals surface area contributed by atoms with Crippen molar-refractivity contribution in [3.05, 3.63) is 39.5 Å². The lowest BCUT2D eigenvalue weighted by molar-refractivity contribution is 0.794. The van der Waals surface area contributed by atoms with Gasteiger partial charge in [-0.25, -0.2) is 9.97 Å². The molecule has 0 atom stereocenters. The Labute approximate surface area is 130 Å². The van der Waals surface area contributed by atoms with Crippen molar-refractivity contribution in [3.63, 3.8) is 0 Å². The molecule has 0 aromatic carbocycles. The van der Waals surface area contributed by atoms with E-state index in [1.54, 1.807) is 29.7 Å². The number of nitrogens with zero attached hydrogens (tertiary/aromatic N) is 4. The van der Waals surface area contributed by atoms with E-state index in [-0.39, 0.29) is 0 Å². The number of thiazole rings is 2. The normalized spacial score (nSPS) is 12.0. The van der Waals surface area contributed by atoms with Crippen LogP contribution in [0.4, 0.5) is 0 Å². The molecule has 0 fully saturated rings. The number of aryl methyl sites for hydroxylation is 1. The van der Waals surface area contributed by atoms with Crippen molar-refractivity contribution in [2.24, 2.45) is 4.99 Å². The minimum absolute atomic E-state index is 0.644. The smallest absolute Gasteiger partial charge is 0.193 e. The van der Waals surface area contributed by atoms with E-state index < -0.39 is 0 Å². The molecule has 0 bridgehead atoms. The van der Waals surface area contributed by atoms with Gasteiger partial charge in [-0.15, -0.1) is 22.7 Å². The molecule has 0 unspecified atom stereocenters. The zero-order valence-corrected chi connectivity index (χ0v) is 13.5. The van der Waals surface area contributed by atoms with Crippen LogP contribution in [0, 0.1) is 6.92 Å². The van der Waals surface area contributed by atoms with Gasteiger partial charge in [0.15, 0.2) is 10.9 Å². The van der Waals surface area contributed by atoms with Crippen molar-refractivity contribution in [1.29, 1.82) is 0 Å². The van der Waals surface area contributed by atoms with Gasteiger partial charge in [0, 0.05) is 35.9 Å². The van der Waals surface area contributed by atoms with Gasteiger partial charge < -0.3 is 10.6 Å². The number of hydrogen-bond donors (Lipinski definition) is 2. The lowest BCUT2D eigenvalue weighted by atomic mass is 10.5. The third-order valence-corrected chi connectivity index (χ3v) is 4.61. The van der Waals surface area contributed by atoms with Crippen LogP contribution in [0.3, 0.4) is 0 Å². The van der Waals surface area contributed by atoms with Crippen molar-refractivity contribution < 1.29 is 0 Å². The Balaban J connectivity index is 1.53. The molecule has 3 rings (SSSR count). The first-order chi connectivity index (χ1) is 10.2. The second kappa shape index (κ2) is 6.23. The summed E-state index contributed by atoms with van der Waals surface area (Å²) in [5.41, 5.74) is 2.05. The molecule has 0 aliphatic carbocycles. The number of imidazole rings is 1. The Kier molecular flexibility index (Phi) is 4.16. The molecule has 2 N–H and O–H groups in total. The highest BCUT2D eigenvalue weighted by molar-refractivity contribution is 7.15. The van der Waals surface area contributed by atoms with Crippen LogP contribution >= 0.6 is 22.7 Å². The summed E-state index contributed by atoms with van der Waals surface area (Å²) < 4.78 is 2.02. The van der Waals surface area contributed by atoms with Crippen molar-refractivity contribution in [2.75, 3.05) is 7.05 Å². The number of hydrogen-bond acceptors (Lipinski definition) is 5. The van der Waals surface area contributed by atoms with E-state index in [9.17, 15) is 0 Å². The number of guanidine groups is 1. The summed E-state index contributed by atoms with van der Waals surface area (Å²) >= 11 is 3.28. The first-order valence-corrected chi connectivity index (χ1v) is 8.27. The molecule has 0 amide bonds. The van der Waals surface area contributed by atoms with Crippen LogP contribution in [-0.4, -0.2) is 27.4 Å². The van der Waals surface area contributed by atoms with Crippen LogP contribution in [0.15, 0.2) is 28.1 Å². The van der Waals surface area contributed by atoms with Gasteiger partial charge in [0.1, 0.15) is 5.01 Å². The maximum absolute atomic E-state index is 4.53. The van der Waals surface area contributed by atoms with Crippen LogP contribution in [-0.2, 0) is 13.1 Å². The molecule has 0 spiro atoms. The van der Waals surface area contributed by atoms with Crippen LogP contribution in [0.25, 0.3) is 4.96 Å². The fourth-order valence-corrected chi connectivity index (χ4v) is 3.33. The molecule has 21 heavy (non-hydrogen) atoms. The Hall–Kier alpha value is -1.93. The zero-order valence-electron chi connectivity index (χ0n) is 11.8. The van der Waals surface area contributed by atoms with Gasteiger partial charge in [0.2, 0.25) is 0 Å². The van der Waals surface area contributed by atoms with Gasteiger partial charge in [-0.1, -0.05) is 0 Å².